The van der Waals surface area contributed by atoms with Crippen molar-refractivity contribution in [3.05, 3.63) is 0 Å². The van der Waals surface area contributed by atoms with Gasteiger partial charge in [0.1, 0.15) is 6.04 Å². The Morgan fingerprint density at radius 3 is 2.40 bits per heavy atom. The van der Waals surface area contributed by atoms with Crippen molar-refractivity contribution in [1.29, 1.82) is 5.26 Å². The molecule has 1 saturated carbocycles. The summed E-state index contributed by atoms with van der Waals surface area (Å²) in [5, 5.41) is 8.75. The fourth-order valence-corrected chi connectivity index (χ4v) is 2.07. The molecule has 0 heterocycles. The lowest BCUT2D eigenvalue weighted by Crippen LogP contribution is -2.39. The van der Waals surface area contributed by atoms with Gasteiger partial charge in [-0.2, -0.15) is 5.26 Å². The van der Waals surface area contributed by atoms with Crippen molar-refractivity contribution in [2.24, 2.45) is 11.8 Å². The Kier molecular flexibility index (Phi) is 4.14. The predicted octanol–water partition coefficient (Wildman–Crippen LogP) is 2.18. The topological polar surface area (TPSA) is 44.1 Å². The zero-order chi connectivity index (χ0) is 11.4. The van der Waals surface area contributed by atoms with Gasteiger partial charge < -0.3 is 4.90 Å². The minimum Gasteiger partial charge on any atom is -0.330 e. The zero-order valence-electron chi connectivity index (χ0n) is 9.86. The minimum atomic E-state index is -0.308. The third-order valence-corrected chi connectivity index (χ3v) is 3.48. The first-order chi connectivity index (χ1) is 7.06. The van der Waals surface area contributed by atoms with Crippen LogP contribution in [0.1, 0.15) is 39.5 Å². The lowest BCUT2D eigenvalue weighted by molar-refractivity contribution is -0.136. The molecule has 0 saturated heterocycles. The van der Waals surface area contributed by atoms with Gasteiger partial charge in [-0.05, 0) is 38.5 Å². The first-order valence-corrected chi connectivity index (χ1v) is 5.72. The van der Waals surface area contributed by atoms with Gasteiger partial charge in [-0.15, -0.1) is 0 Å². The van der Waals surface area contributed by atoms with E-state index in [2.05, 4.69) is 13.0 Å². The van der Waals surface area contributed by atoms with Crippen LogP contribution in [0.25, 0.3) is 0 Å². The summed E-state index contributed by atoms with van der Waals surface area (Å²) in [6, 6.07) is 1.79. The van der Waals surface area contributed by atoms with Crippen molar-refractivity contribution in [3.8, 4) is 6.07 Å². The summed E-state index contributed by atoms with van der Waals surface area (Å²) in [4.78, 5) is 13.6. The SMILES string of the molecule is CC1CCC(C(=O)N(C)C(C)C#N)CC1. The number of nitriles is 1. The van der Waals surface area contributed by atoms with Crippen LogP contribution in [-0.4, -0.2) is 23.9 Å². The maximum absolute atomic E-state index is 12.0. The normalized spacial score (nSPS) is 27.9. The van der Waals surface area contributed by atoms with Gasteiger partial charge in [0, 0.05) is 13.0 Å². The molecule has 1 fully saturated rings. The second-order valence-electron chi connectivity index (χ2n) is 4.71. The highest BCUT2D eigenvalue weighted by molar-refractivity contribution is 5.79. The molecule has 0 N–H and O–H groups in total. The molecule has 0 aliphatic heterocycles. The van der Waals surface area contributed by atoms with Crippen LogP contribution in [0.4, 0.5) is 0 Å². The fraction of sp³-hybridized carbons (Fsp3) is 0.833. The molecular weight excluding hydrogens is 188 g/mol. The molecule has 3 heteroatoms. The van der Waals surface area contributed by atoms with E-state index in [1.165, 1.54) is 0 Å². The van der Waals surface area contributed by atoms with E-state index >= 15 is 0 Å². The number of nitrogens with zero attached hydrogens (tertiary/aromatic N) is 2. The molecule has 3 nitrogen and oxygen atoms in total. The Bertz CT molecular complexity index is 261. The maximum Gasteiger partial charge on any atom is 0.226 e. The average Bonchev–Trinajstić information content (AvgIpc) is 2.27. The molecule has 1 amide bonds. The van der Waals surface area contributed by atoms with E-state index in [4.69, 9.17) is 5.26 Å². The standard InChI is InChI=1S/C12H20N2O/c1-9-4-6-11(7-5-9)12(15)14(3)10(2)8-13/h9-11H,4-7H2,1-3H3. The van der Waals surface area contributed by atoms with E-state index in [9.17, 15) is 4.79 Å². The van der Waals surface area contributed by atoms with Crippen LogP contribution in [0.3, 0.4) is 0 Å². The van der Waals surface area contributed by atoms with E-state index in [0.29, 0.717) is 0 Å². The molecule has 1 atom stereocenters. The Morgan fingerprint density at radius 2 is 1.93 bits per heavy atom. The molecule has 0 aromatic rings. The molecule has 0 bridgehead atoms. The molecule has 0 aromatic carbocycles. The van der Waals surface area contributed by atoms with Gasteiger partial charge in [-0.1, -0.05) is 6.92 Å². The Hall–Kier alpha value is -1.04. The van der Waals surface area contributed by atoms with Gasteiger partial charge in [0.2, 0.25) is 5.91 Å². The second kappa shape index (κ2) is 5.16. The highest BCUT2D eigenvalue weighted by Gasteiger charge is 2.28. The highest BCUT2D eigenvalue weighted by Crippen LogP contribution is 2.29. The lowest BCUT2D eigenvalue weighted by atomic mass is 9.82. The van der Waals surface area contributed by atoms with E-state index in [1.54, 1.807) is 18.9 Å². The maximum atomic E-state index is 12.0. The fourth-order valence-electron chi connectivity index (χ4n) is 2.07. The lowest BCUT2D eigenvalue weighted by Gasteiger charge is -2.30. The van der Waals surface area contributed by atoms with Gasteiger partial charge >= 0.3 is 0 Å². The van der Waals surface area contributed by atoms with Gasteiger partial charge in [0.05, 0.1) is 6.07 Å². The molecule has 1 rings (SSSR count). The van der Waals surface area contributed by atoms with Crippen LogP contribution in [0.5, 0.6) is 0 Å². The van der Waals surface area contributed by atoms with E-state index < -0.39 is 0 Å². The van der Waals surface area contributed by atoms with Crippen LogP contribution < -0.4 is 0 Å². The van der Waals surface area contributed by atoms with Gasteiger partial charge in [0.15, 0.2) is 0 Å². The molecule has 0 radical (unpaired) electrons. The van der Waals surface area contributed by atoms with Gasteiger partial charge in [0.25, 0.3) is 0 Å². The van der Waals surface area contributed by atoms with Crippen LogP contribution >= 0.6 is 0 Å². The van der Waals surface area contributed by atoms with E-state index in [1.807, 2.05) is 0 Å². The summed E-state index contributed by atoms with van der Waals surface area (Å²) < 4.78 is 0. The molecule has 1 unspecified atom stereocenters. The number of hydrogen-bond acceptors (Lipinski definition) is 2. The minimum absolute atomic E-state index is 0.149. The smallest absolute Gasteiger partial charge is 0.226 e. The van der Waals surface area contributed by atoms with Crippen molar-refractivity contribution in [3.63, 3.8) is 0 Å². The molecule has 0 aromatic heterocycles. The summed E-state index contributed by atoms with van der Waals surface area (Å²) in [5.74, 6) is 1.06. The van der Waals surface area contributed by atoms with Crippen molar-refractivity contribution in [2.45, 2.75) is 45.6 Å². The first-order valence-electron chi connectivity index (χ1n) is 5.72. The number of hydrogen-bond donors (Lipinski definition) is 0. The van der Waals surface area contributed by atoms with Gasteiger partial charge in [-0.25, -0.2) is 0 Å². The van der Waals surface area contributed by atoms with Crippen molar-refractivity contribution in [2.75, 3.05) is 7.05 Å². The summed E-state index contributed by atoms with van der Waals surface area (Å²) >= 11 is 0. The van der Waals surface area contributed by atoms with E-state index in [-0.39, 0.29) is 17.9 Å². The van der Waals surface area contributed by atoms with Crippen molar-refractivity contribution < 1.29 is 4.79 Å². The third-order valence-electron chi connectivity index (χ3n) is 3.48. The zero-order valence-corrected chi connectivity index (χ0v) is 9.86. The Balaban J connectivity index is 2.50. The summed E-state index contributed by atoms with van der Waals surface area (Å²) in [6.45, 7) is 4.01. The number of amides is 1. The average molecular weight is 208 g/mol. The van der Waals surface area contributed by atoms with Gasteiger partial charge in [-0.3, -0.25) is 4.79 Å². The molecular formula is C12H20N2O. The Morgan fingerprint density at radius 1 is 1.40 bits per heavy atom. The summed E-state index contributed by atoms with van der Waals surface area (Å²) in [6.07, 6.45) is 4.27. The monoisotopic (exact) mass is 208 g/mol. The summed E-state index contributed by atoms with van der Waals surface area (Å²) in [5.41, 5.74) is 0. The van der Waals surface area contributed by atoms with Crippen molar-refractivity contribution in [1.82, 2.24) is 4.90 Å². The van der Waals surface area contributed by atoms with Crippen molar-refractivity contribution >= 4 is 5.91 Å². The quantitative estimate of drug-likeness (QED) is 0.698. The molecule has 1 aliphatic carbocycles. The molecule has 1 aliphatic rings. The molecule has 84 valence electrons. The molecule has 0 spiro atoms. The second-order valence-corrected chi connectivity index (χ2v) is 4.71. The largest absolute Gasteiger partial charge is 0.330 e. The van der Waals surface area contributed by atoms with Crippen LogP contribution in [0, 0.1) is 23.2 Å². The van der Waals surface area contributed by atoms with Crippen LogP contribution in [0.15, 0.2) is 0 Å². The first kappa shape index (κ1) is 12.0. The predicted molar refractivity (Wildman–Crippen MR) is 59.0 cm³/mol. The van der Waals surface area contributed by atoms with Crippen LogP contribution in [-0.2, 0) is 4.79 Å². The number of carbonyl (C=O) groups excluding carboxylic acids is 1. The third kappa shape index (κ3) is 2.95. The van der Waals surface area contributed by atoms with E-state index in [0.717, 1.165) is 31.6 Å². The number of rotatable bonds is 2. The van der Waals surface area contributed by atoms with Crippen LogP contribution in [0.2, 0.25) is 0 Å². The number of carbonyl (C=O) groups is 1. The summed E-state index contributed by atoms with van der Waals surface area (Å²) in [7, 11) is 1.73. The highest BCUT2D eigenvalue weighted by atomic mass is 16.2. The molecule has 15 heavy (non-hydrogen) atoms. The Labute approximate surface area is 92.1 Å².